The molecule has 23 heavy (non-hydrogen) atoms. The van der Waals surface area contributed by atoms with Gasteiger partial charge in [-0.15, -0.1) is 0 Å². The molecule has 0 saturated carbocycles. The summed E-state index contributed by atoms with van der Waals surface area (Å²) in [4.78, 5) is 4.48. The predicted octanol–water partition coefficient (Wildman–Crippen LogP) is 2.19. The van der Waals surface area contributed by atoms with E-state index in [0.717, 1.165) is 16.7 Å². The molecule has 0 amide bonds. The van der Waals surface area contributed by atoms with Gasteiger partial charge in [0.05, 0.1) is 23.4 Å². The lowest BCUT2D eigenvalue weighted by Crippen LogP contribution is -2.31. The lowest BCUT2D eigenvalue weighted by molar-refractivity contribution is 0.428. The average molecular weight is 332 g/mol. The van der Waals surface area contributed by atoms with Crippen LogP contribution in [0.4, 0.5) is 5.82 Å². The molecule has 0 aliphatic heterocycles. The van der Waals surface area contributed by atoms with Crippen LogP contribution in [0.25, 0.3) is 10.9 Å². The number of hydrogen-bond acceptors (Lipinski definition) is 5. The van der Waals surface area contributed by atoms with Gasteiger partial charge in [0.15, 0.2) is 0 Å². The van der Waals surface area contributed by atoms with Crippen LogP contribution in [0.3, 0.4) is 0 Å². The van der Waals surface area contributed by atoms with Crippen molar-refractivity contribution in [3.63, 3.8) is 0 Å². The third-order valence-electron chi connectivity index (χ3n) is 3.53. The van der Waals surface area contributed by atoms with Crippen molar-refractivity contribution in [2.24, 2.45) is 0 Å². The number of hydrogen-bond donors (Lipinski definition) is 1. The molecule has 0 spiro atoms. The Morgan fingerprint density at radius 1 is 1.30 bits per heavy atom. The summed E-state index contributed by atoms with van der Waals surface area (Å²) in [7, 11) is -3.13. The molecule has 0 unspecified atom stereocenters. The summed E-state index contributed by atoms with van der Waals surface area (Å²) < 4.78 is 24.4. The van der Waals surface area contributed by atoms with Crippen LogP contribution in [0, 0.1) is 11.3 Å². The monoisotopic (exact) mass is 332 g/mol. The van der Waals surface area contributed by atoms with Gasteiger partial charge >= 0.3 is 0 Å². The minimum Gasteiger partial charge on any atom is -0.370 e. The van der Waals surface area contributed by atoms with Crippen molar-refractivity contribution in [2.45, 2.75) is 13.3 Å². The fourth-order valence-electron chi connectivity index (χ4n) is 2.32. The Morgan fingerprint density at radius 3 is 2.74 bits per heavy atom. The molecular formula is C16H20N4O2S. The minimum atomic E-state index is -3.13. The van der Waals surface area contributed by atoms with Crippen LogP contribution in [0.5, 0.6) is 0 Å². The summed E-state index contributed by atoms with van der Waals surface area (Å²) in [5, 5.41) is 13.0. The number of nitrogens with zero attached hydrogens (tertiary/aromatic N) is 3. The number of nitrogens with one attached hydrogen (secondary N) is 1. The van der Waals surface area contributed by atoms with Gasteiger partial charge in [0.2, 0.25) is 10.0 Å². The Morgan fingerprint density at radius 2 is 2.09 bits per heavy atom. The second-order valence-electron chi connectivity index (χ2n) is 5.25. The predicted molar refractivity (Wildman–Crippen MR) is 91.7 cm³/mol. The van der Waals surface area contributed by atoms with E-state index in [0.29, 0.717) is 31.6 Å². The van der Waals surface area contributed by atoms with Gasteiger partial charge < -0.3 is 5.32 Å². The highest BCUT2D eigenvalue weighted by atomic mass is 32.2. The van der Waals surface area contributed by atoms with Gasteiger partial charge in [-0.05, 0) is 36.8 Å². The van der Waals surface area contributed by atoms with Crippen LogP contribution < -0.4 is 5.32 Å². The standard InChI is InChI=1S/C16H20N4O2S/c1-3-20(23(2,21)22)10-4-9-18-16-8-6-14-11-13(12-17)5-7-15(14)19-16/h5-8,11H,3-4,9-10H2,1-2H3,(H,18,19). The Balaban J connectivity index is 1.94. The Kier molecular flexibility index (Phi) is 5.53. The number of anilines is 1. The fraction of sp³-hybridized carbons (Fsp3) is 0.375. The number of aromatic nitrogens is 1. The molecule has 0 radical (unpaired) electrons. The SMILES string of the molecule is CCN(CCCNc1ccc2cc(C#N)ccc2n1)S(C)(=O)=O. The van der Waals surface area contributed by atoms with Gasteiger partial charge in [0.25, 0.3) is 0 Å². The van der Waals surface area contributed by atoms with Gasteiger partial charge in [-0.2, -0.15) is 5.26 Å². The van der Waals surface area contributed by atoms with Gasteiger partial charge in [0.1, 0.15) is 5.82 Å². The molecule has 1 heterocycles. The van der Waals surface area contributed by atoms with E-state index in [1.807, 2.05) is 25.1 Å². The lowest BCUT2D eigenvalue weighted by Gasteiger charge is -2.17. The zero-order chi connectivity index (χ0) is 16.9. The Hall–Kier alpha value is -2.17. The second-order valence-corrected chi connectivity index (χ2v) is 7.23. The van der Waals surface area contributed by atoms with E-state index >= 15 is 0 Å². The van der Waals surface area contributed by atoms with E-state index in [1.165, 1.54) is 10.6 Å². The molecule has 6 nitrogen and oxygen atoms in total. The molecule has 2 aromatic rings. The van der Waals surface area contributed by atoms with Crippen molar-refractivity contribution in [3.05, 3.63) is 35.9 Å². The molecular weight excluding hydrogens is 312 g/mol. The van der Waals surface area contributed by atoms with Gasteiger partial charge in [0, 0.05) is 25.0 Å². The summed E-state index contributed by atoms with van der Waals surface area (Å²) in [5.74, 6) is 0.740. The maximum absolute atomic E-state index is 11.5. The summed E-state index contributed by atoms with van der Waals surface area (Å²) in [5.41, 5.74) is 1.43. The number of rotatable bonds is 7. The van der Waals surface area contributed by atoms with Crippen LogP contribution in [-0.2, 0) is 10.0 Å². The van der Waals surface area contributed by atoms with Crippen LogP contribution >= 0.6 is 0 Å². The van der Waals surface area contributed by atoms with Crippen molar-refractivity contribution in [2.75, 3.05) is 31.2 Å². The molecule has 2 rings (SSSR count). The third kappa shape index (κ3) is 4.65. The molecule has 122 valence electrons. The molecule has 0 saturated heterocycles. The summed E-state index contributed by atoms with van der Waals surface area (Å²) >= 11 is 0. The molecule has 0 bridgehead atoms. The molecule has 1 aromatic heterocycles. The summed E-state index contributed by atoms with van der Waals surface area (Å²) in [6, 6.07) is 11.2. The van der Waals surface area contributed by atoms with Crippen molar-refractivity contribution in [3.8, 4) is 6.07 Å². The van der Waals surface area contributed by atoms with E-state index in [2.05, 4.69) is 16.4 Å². The first-order chi connectivity index (χ1) is 10.9. The summed E-state index contributed by atoms with van der Waals surface area (Å²) in [6.07, 6.45) is 1.93. The van der Waals surface area contributed by atoms with Crippen molar-refractivity contribution < 1.29 is 8.42 Å². The van der Waals surface area contributed by atoms with Crippen molar-refractivity contribution >= 4 is 26.7 Å². The van der Waals surface area contributed by atoms with Crippen LogP contribution in [-0.4, -0.2) is 43.6 Å². The Labute approximate surface area is 136 Å². The molecule has 0 aliphatic carbocycles. The maximum Gasteiger partial charge on any atom is 0.211 e. The topological polar surface area (TPSA) is 86.1 Å². The smallest absolute Gasteiger partial charge is 0.211 e. The number of nitriles is 1. The fourth-order valence-corrected chi connectivity index (χ4v) is 3.25. The quantitative estimate of drug-likeness (QED) is 0.786. The molecule has 1 aromatic carbocycles. The first-order valence-electron chi connectivity index (χ1n) is 7.44. The normalized spacial score (nSPS) is 11.6. The minimum absolute atomic E-state index is 0.480. The van der Waals surface area contributed by atoms with E-state index in [4.69, 9.17) is 5.26 Å². The molecule has 7 heteroatoms. The van der Waals surface area contributed by atoms with E-state index in [9.17, 15) is 8.42 Å². The van der Waals surface area contributed by atoms with Crippen molar-refractivity contribution in [1.29, 1.82) is 5.26 Å². The molecule has 1 N–H and O–H groups in total. The lowest BCUT2D eigenvalue weighted by atomic mass is 10.1. The number of benzene rings is 1. The Bertz CT molecular complexity index is 828. The zero-order valence-corrected chi connectivity index (χ0v) is 14.1. The van der Waals surface area contributed by atoms with E-state index in [1.54, 1.807) is 12.1 Å². The van der Waals surface area contributed by atoms with E-state index < -0.39 is 10.0 Å². The van der Waals surface area contributed by atoms with Crippen LogP contribution in [0.15, 0.2) is 30.3 Å². The van der Waals surface area contributed by atoms with Crippen LogP contribution in [0.2, 0.25) is 0 Å². The second kappa shape index (κ2) is 7.40. The highest BCUT2D eigenvalue weighted by molar-refractivity contribution is 7.88. The molecule has 0 fully saturated rings. The maximum atomic E-state index is 11.5. The van der Waals surface area contributed by atoms with Crippen molar-refractivity contribution in [1.82, 2.24) is 9.29 Å². The number of pyridine rings is 1. The largest absolute Gasteiger partial charge is 0.370 e. The average Bonchev–Trinajstić information content (AvgIpc) is 2.53. The molecule has 0 atom stereocenters. The highest BCUT2D eigenvalue weighted by Gasteiger charge is 2.13. The van der Waals surface area contributed by atoms with E-state index in [-0.39, 0.29) is 0 Å². The van der Waals surface area contributed by atoms with Crippen LogP contribution in [0.1, 0.15) is 18.9 Å². The number of fused-ring (bicyclic) bond motifs is 1. The zero-order valence-electron chi connectivity index (χ0n) is 13.3. The first kappa shape index (κ1) is 17.2. The van der Waals surface area contributed by atoms with Gasteiger partial charge in [-0.3, -0.25) is 0 Å². The number of sulfonamides is 1. The first-order valence-corrected chi connectivity index (χ1v) is 9.29. The molecule has 0 aliphatic rings. The third-order valence-corrected chi connectivity index (χ3v) is 4.91. The summed E-state index contributed by atoms with van der Waals surface area (Å²) in [6.45, 7) is 3.44. The van der Waals surface area contributed by atoms with Gasteiger partial charge in [-0.25, -0.2) is 17.7 Å². The highest BCUT2D eigenvalue weighted by Crippen LogP contribution is 2.16. The van der Waals surface area contributed by atoms with Gasteiger partial charge in [-0.1, -0.05) is 6.92 Å².